The van der Waals surface area contributed by atoms with Gasteiger partial charge in [0.1, 0.15) is 0 Å². The zero-order chi connectivity index (χ0) is 17.4. The van der Waals surface area contributed by atoms with Crippen molar-refractivity contribution in [3.8, 4) is 11.8 Å². The largest absolute Gasteiger partial charge is 0.416 e. The molecule has 0 aliphatic rings. The van der Waals surface area contributed by atoms with Gasteiger partial charge in [0.05, 0.1) is 12.1 Å². The van der Waals surface area contributed by atoms with Gasteiger partial charge in [-0.05, 0) is 36.2 Å². The van der Waals surface area contributed by atoms with Crippen LogP contribution in [-0.4, -0.2) is 17.4 Å². The van der Waals surface area contributed by atoms with Crippen molar-refractivity contribution in [2.75, 3.05) is 6.54 Å². The molecule has 0 aliphatic carbocycles. The zero-order valence-electron chi connectivity index (χ0n) is 12.7. The number of aromatic nitrogens is 1. The SMILES string of the molecule is O=C(CCc1cccnc1)NCC#Cc1cccc(C(F)(F)F)c1. The molecule has 3 nitrogen and oxygen atoms in total. The Bertz CT molecular complexity index is 746. The molecule has 1 N–H and O–H groups in total. The van der Waals surface area contributed by atoms with E-state index in [-0.39, 0.29) is 18.0 Å². The van der Waals surface area contributed by atoms with Crippen LogP contribution in [0.1, 0.15) is 23.1 Å². The number of hydrogen-bond donors (Lipinski definition) is 1. The van der Waals surface area contributed by atoms with Crippen molar-refractivity contribution in [1.82, 2.24) is 10.3 Å². The van der Waals surface area contributed by atoms with Crippen molar-refractivity contribution in [1.29, 1.82) is 0 Å². The Morgan fingerprint density at radius 3 is 2.75 bits per heavy atom. The Kier molecular flexibility index (Phi) is 5.96. The molecule has 0 aliphatic heterocycles. The van der Waals surface area contributed by atoms with Crippen molar-refractivity contribution in [3.05, 3.63) is 65.5 Å². The number of amides is 1. The van der Waals surface area contributed by atoms with Crippen molar-refractivity contribution in [2.45, 2.75) is 19.0 Å². The van der Waals surface area contributed by atoms with E-state index < -0.39 is 11.7 Å². The van der Waals surface area contributed by atoms with Crippen molar-refractivity contribution >= 4 is 5.91 Å². The molecule has 0 atom stereocenters. The predicted molar refractivity (Wildman–Crippen MR) is 83.9 cm³/mol. The van der Waals surface area contributed by atoms with E-state index in [0.717, 1.165) is 17.7 Å². The van der Waals surface area contributed by atoms with Gasteiger partial charge in [0.25, 0.3) is 0 Å². The summed E-state index contributed by atoms with van der Waals surface area (Å²) in [5, 5.41) is 2.61. The van der Waals surface area contributed by atoms with Gasteiger partial charge in [-0.1, -0.05) is 24.0 Å². The summed E-state index contributed by atoms with van der Waals surface area (Å²) in [6.45, 7) is 0.0854. The lowest BCUT2D eigenvalue weighted by molar-refractivity contribution is -0.137. The summed E-state index contributed by atoms with van der Waals surface area (Å²) >= 11 is 0. The Balaban J connectivity index is 1.80. The molecule has 124 valence electrons. The van der Waals surface area contributed by atoms with Gasteiger partial charge in [-0.2, -0.15) is 13.2 Å². The van der Waals surface area contributed by atoms with E-state index in [1.807, 2.05) is 6.07 Å². The Labute approximate surface area is 137 Å². The summed E-state index contributed by atoms with van der Waals surface area (Å²) < 4.78 is 37.7. The third-order valence-corrected chi connectivity index (χ3v) is 3.16. The average molecular weight is 332 g/mol. The fourth-order valence-electron chi connectivity index (χ4n) is 1.95. The van der Waals surface area contributed by atoms with E-state index in [4.69, 9.17) is 0 Å². The molecule has 0 fully saturated rings. The van der Waals surface area contributed by atoms with Crippen LogP contribution in [0.5, 0.6) is 0 Å². The maximum Gasteiger partial charge on any atom is 0.416 e. The Morgan fingerprint density at radius 1 is 1.21 bits per heavy atom. The van der Waals surface area contributed by atoms with Crippen LogP contribution in [0.25, 0.3) is 0 Å². The number of carbonyl (C=O) groups is 1. The minimum Gasteiger partial charge on any atom is -0.345 e. The molecule has 2 rings (SSSR count). The second kappa shape index (κ2) is 8.16. The predicted octanol–water partition coefficient (Wildman–Crippen LogP) is 3.20. The topological polar surface area (TPSA) is 42.0 Å². The number of aryl methyl sites for hydroxylation is 1. The summed E-state index contributed by atoms with van der Waals surface area (Å²) in [6.07, 6.45) is -0.163. The highest BCUT2D eigenvalue weighted by Gasteiger charge is 2.30. The van der Waals surface area contributed by atoms with E-state index >= 15 is 0 Å². The number of nitrogens with zero attached hydrogens (tertiary/aromatic N) is 1. The van der Waals surface area contributed by atoms with E-state index in [9.17, 15) is 18.0 Å². The fourth-order valence-corrected chi connectivity index (χ4v) is 1.95. The smallest absolute Gasteiger partial charge is 0.345 e. The number of benzene rings is 1. The number of pyridine rings is 1. The van der Waals surface area contributed by atoms with E-state index in [2.05, 4.69) is 22.1 Å². The fraction of sp³-hybridized carbons (Fsp3) is 0.222. The highest BCUT2D eigenvalue weighted by molar-refractivity contribution is 5.76. The van der Waals surface area contributed by atoms with Crippen LogP contribution < -0.4 is 5.32 Å². The van der Waals surface area contributed by atoms with Crippen LogP contribution in [-0.2, 0) is 17.4 Å². The van der Waals surface area contributed by atoms with E-state index in [1.54, 1.807) is 18.5 Å². The molecule has 1 heterocycles. The molecule has 0 spiro atoms. The van der Waals surface area contributed by atoms with Crippen LogP contribution in [0, 0.1) is 11.8 Å². The highest BCUT2D eigenvalue weighted by atomic mass is 19.4. The number of hydrogen-bond acceptors (Lipinski definition) is 2. The van der Waals surface area contributed by atoms with Crippen molar-refractivity contribution < 1.29 is 18.0 Å². The molecular formula is C18H15F3N2O. The highest BCUT2D eigenvalue weighted by Crippen LogP contribution is 2.29. The Morgan fingerprint density at radius 2 is 2.04 bits per heavy atom. The number of alkyl halides is 3. The molecule has 1 aromatic carbocycles. The van der Waals surface area contributed by atoms with Gasteiger partial charge in [-0.15, -0.1) is 0 Å². The second-order valence-electron chi connectivity index (χ2n) is 5.02. The zero-order valence-corrected chi connectivity index (χ0v) is 12.7. The van der Waals surface area contributed by atoms with Gasteiger partial charge in [-0.25, -0.2) is 0 Å². The molecule has 24 heavy (non-hydrogen) atoms. The number of carbonyl (C=O) groups excluding carboxylic acids is 1. The molecule has 0 bridgehead atoms. The molecule has 2 aromatic rings. The lowest BCUT2D eigenvalue weighted by Crippen LogP contribution is -2.23. The quantitative estimate of drug-likeness (QED) is 0.874. The standard InChI is InChI=1S/C18H15F3N2O/c19-18(20,21)16-7-1-4-14(12-16)5-3-11-23-17(24)9-8-15-6-2-10-22-13-15/h1-2,4,6-7,10,12-13H,8-9,11H2,(H,23,24). The molecule has 6 heteroatoms. The van der Waals surface area contributed by atoms with Gasteiger partial charge < -0.3 is 5.32 Å². The first-order chi connectivity index (χ1) is 11.4. The Hall–Kier alpha value is -2.81. The lowest BCUT2D eigenvalue weighted by Gasteiger charge is -2.05. The molecular weight excluding hydrogens is 317 g/mol. The van der Waals surface area contributed by atoms with Gasteiger partial charge >= 0.3 is 6.18 Å². The van der Waals surface area contributed by atoms with Gasteiger partial charge in [-0.3, -0.25) is 9.78 Å². The molecule has 0 unspecified atom stereocenters. The van der Waals surface area contributed by atoms with E-state index in [1.165, 1.54) is 12.1 Å². The summed E-state index contributed by atoms with van der Waals surface area (Å²) in [4.78, 5) is 15.6. The number of rotatable bonds is 4. The average Bonchev–Trinajstić information content (AvgIpc) is 2.57. The first-order valence-corrected chi connectivity index (χ1v) is 7.27. The molecule has 0 saturated heterocycles. The maximum absolute atomic E-state index is 12.6. The van der Waals surface area contributed by atoms with Crippen molar-refractivity contribution in [3.63, 3.8) is 0 Å². The van der Waals surface area contributed by atoms with Crippen LogP contribution in [0.4, 0.5) is 13.2 Å². The maximum atomic E-state index is 12.6. The minimum atomic E-state index is -4.39. The van der Waals surface area contributed by atoms with Crippen LogP contribution >= 0.6 is 0 Å². The monoisotopic (exact) mass is 332 g/mol. The summed E-state index contributed by atoms with van der Waals surface area (Å²) in [5.41, 5.74) is 0.479. The van der Waals surface area contributed by atoms with Crippen LogP contribution in [0.2, 0.25) is 0 Å². The molecule has 0 radical (unpaired) electrons. The number of nitrogens with one attached hydrogen (secondary N) is 1. The number of halogens is 3. The van der Waals surface area contributed by atoms with Gasteiger partial charge in [0.15, 0.2) is 0 Å². The molecule has 1 amide bonds. The summed E-state index contributed by atoms with van der Waals surface area (Å²) in [5.74, 6) is 5.09. The minimum absolute atomic E-state index is 0.0854. The lowest BCUT2D eigenvalue weighted by atomic mass is 10.1. The first-order valence-electron chi connectivity index (χ1n) is 7.27. The van der Waals surface area contributed by atoms with Crippen LogP contribution in [0.15, 0.2) is 48.8 Å². The normalized spacial score (nSPS) is 10.6. The van der Waals surface area contributed by atoms with E-state index in [0.29, 0.717) is 12.8 Å². The van der Waals surface area contributed by atoms with Gasteiger partial charge in [0, 0.05) is 24.4 Å². The third kappa shape index (κ3) is 5.76. The third-order valence-electron chi connectivity index (χ3n) is 3.16. The van der Waals surface area contributed by atoms with Crippen molar-refractivity contribution in [2.24, 2.45) is 0 Å². The first kappa shape index (κ1) is 17.5. The molecule has 0 saturated carbocycles. The molecule has 1 aromatic heterocycles. The summed E-state index contributed by atoms with van der Waals surface area (Å²) in [6, 6.07) is 8.45. The second-order valence-corrected chi connectivity index (χ2v) is 5.02. The van der Waals surface area contributed by atoms with Crippen LogP contribution in [0.3, 0.4) is 0 Å². The summed E-state index contributed by atoms with van der Waals surface area (Å²) in [7, 11) is 0. The van der Waals surface area contributed by atoms with Gasteiger partial charge in [0.2, 0.25) is 5.91 Å².